The Morgan fingerprint density at radius 2 is 2.18 bits per heavy atom. The van der Waals surface area contributed by atoms with Gasteiger partial charge >= 0.3 is 0 Å². The van der Waals surface area contributed by atoms with Gasteiger partial charge in [-0.05, 0) is 31.0 Å². The fourth-order valence-corrected chi connectivity index (χ4v) is 3.98. The van der Waals surface area contributed by atoms with Gasteiger partial charge in [0.1, 0.15) is 17.3 Å². The van der Waals surface area contributed by atoms with Crippen molar-refractivity contribution in [2.75, 3.05) is 39.9 Å². The summed E-state index contributed by atoms with van der Waals surface area (Å²) in [6.45, 7) is 6.55. The first-order valence-electron chi connectivity index (χ1n) is 11.1. The number of nitrogens with zero attached hydrogens (tertiary/aromatic N) is 3. The van der Waals surface area contributed by atoms with Gasteiger partial charge < -0.3 is 26.4 Å². The molecule has 0 aliphatic carbocycles. The van der Waals surface area contributed by atoms with Gasteiger partial charge in [-0.2, -0.15) is 0 Å². The highest BCUT2D eigenvalue weighted by atomic mass is 19.1. The molecule has 0 unspecified atom stereocenters. The van der Waals surface area contributed by atoms with Gasteiger partial charge in [0.25, 0.3) is 0 Å². The molecule has 9 heteroatoms. The van der Waals surface area contributed by atoms with E-state index < -0.39 is 5.82 Å². The summed E-state index contributed by atoms with van der Waals surface area (Å²) >= 11 is 0. The maximum atomic E-state index is 14.9. The van der Waals surface area contributed by atoms with E-state index in [1.165, 1.54) is 19.2 Å². The number of hydrogen-bond donors (Lipinski definition) is 3. The second-order valence-corrected chi connectivity index (χ2v) is 8.31. The Labute approximate surface area is 194 Å². The lowest BCUT2D eigenvalue weighted by atomic mass is 10.0. The third-order valence-corrected chi connectivity index (χ3v) is 6.12. The molecule has 1 atom stereocenters. The van der Waals surface area contributed by atoms with E-state index in [2.05, 4.69) is 15.3 Å². The highest BCUT2D eigenvalue weighted by molar-refractivity contribution is 6.22. The van der Waals surface area contributed by atoms with Gasteiger partial charge in [-0.15, -0.1) is 0 Å². The van der Waals surface area contributed by atoms with Crippen molar-refractivity contribution >= 4 is 28.7 Å². The molecule has 0 aromatic heterocycles. The van der Waals surface area contributed by atoms with Crippen LogP contribution in [0, 0.1) is 11.7 Å². The fourth-order valence-electron chi connectivity index (χ4n) is 3.98. The van der Waals surface area contributed by atoms with Gasteiger partial charge in [-0.3, -0.25) is 9.79 Å². The molecule has 5 N–H and O–H groups in total. The molecule has 1 aromatic carbocycles. The predicted molar refractivity (Wildman–Crippen MR) is 130 cm³/mol. The normalized spacial score (nSPS) is 20.4. The number of allylic oxidation sites excluding steroid dienone is 1. The average molecular weight is 457 g/mol. The van der Waals surface area contributed by atoms with Gasteiger partial charge in [-0.1, -0.05) is 6.07 Å². The van der Waals surface area contributed by atoms with Crippen LogP contribution in [0.4, 0.5) is 10.1 Å². The minimum absolute atomic E-state index is 0.0341. The molecule has 2 heterocycles. The summed E-state index contributed by atoms with van der Waals surface area (Å²) in [5, 5.41) is 3.48. The molecule has 1 saturated heterocycles. The van der Waals surface area contributed by atoms with E-state index in [1.54, 1.807) is 24.1 Å². The Hall–Kier alpha value is -3.20. The van der Waals surface area contributed by atoms with Crippen LogP contribution in [-0.2, 0) is 9.53 Å². The molecule has 8 nitrogen and oxygen atoms in total. The topological polar surface area (TPSA) is 118 Å². The summed E-state index contributed by atoms with van der Waals surface area (Å²) in [4.78, 5) is 22.2. The van der Waals surface area contributed by atoms with Gasteiger partial charge in [0.05, 0.1) is 13.2 Å². The Morgan fingerprint density at radius 3 is 2.79 bits per heavy atom. The molecule has 0 spiro atoms. The zero-order chi connectivity index (χ0) is 24.0. The number of aliphatic imine (C=N–C) groups is 2. The molecule has 3 rings (SSSR count). The first kappa shape index (κ1) is 24.4. The molecule has 2 aliphatic rings. The fraction of sp³-hybridized carbons (Fsp3) is 0.458. The Bertz CT molecular complexity index is 1010. The maximum absolute atomic E-state index is 14.9. The summed E-state index contributed by atoms with van der Waals surface area (Å²) in [5.41, 5.74) is 15.8. The largest absolute Gasteiger partial charge is 0.404 e. The number of benzene rings is 1. The molecular formula is C24H33FN6O2. The molecule has 0 bridgehead atoms. The first-order valence-corrected chi connectivity index (χ1v) is 11.1. The lowest BCUT2D eigenvalue weighted by Gasteiger charge is -2.31. The van der Waals surface area contributed by atoms with Crippen molar-refractivity contribution in [3.05, 3.63) is 47.0 Å². The minimum atomic E-state index is -0.517. The van der Waals surface area contributed by atoms with Crippen LogP contribution in [0.1, 0.15) is 32.3 Å². The van der Waals surface area contributed by atoms with Crippen molar-refractivity contribution in [2.24, 2.45) is 27.4 Å². The molecule has 2 aliphatic heterocycles. The molecule has 1 aromatic rings. The Morgan fingerprint density at radius 1 is 1.39 bits per heavy atom. The zero-order valence-corrected chi connectivity index (χ0v) is 19.5. The molecule has 0 saturated carbocycles. The van der Waals surface area contributed by atoms with E-state index in [0.29, 0.717) is 42.3 Å². The third-order valence-electron chi connectivity index (χ3n) is 6.12. The number of amidine groups is 1. The third kappa shape index (κ3) is 5.98. The van der Waals surface area contributed by atoms with E-state index in [0.717, 1.165) is 37.4 Å². The number of halogens is 1. The molecule has 0 radical (unpaired) electrons. The van der Waals surface area contributed by atoms with Crippen molar-refractivity contribution < 1.29 is 13.9 Å². The van der Waals surface area contributed by atoms with Gasteiger partial charge in [0, 0.05) is 74.8 Å². The van der Waals surface area contributed by atoms with Crippen LogP contribution in [0.15, 0.2) is 45.7 Å². The van der Waals surface area contributed by atoms with Crippen molar-refractivity contribution in [3.8, 4) is 0 Å². The van der Waals surface area contributed by atoms with Gasteiger partial charge in [-0.25, -0.2) is 9.38 Å². The number of carbonyl (C=O) groups excluding carboxylic acids is 1. The molecule has 1 amide bonds. The van der Waals surface area contributed by atoms with Crippen LogP contribution in [0.2, 0.25) is 0 Å². The van der Waals surface area contributed by atoms with Crippen LogP contribution in [0.5, 0.6) is 0 Å². The Balaban J connectivity index is 1.88. The highest BCUT2D eigenvalue weighted by Crippen LogP contribution is 2.26. The second-order valence-electron chi connectivity index (χ2n) is 8.31. The second kappa shape index (κ2) is 11.1. The van der Waals surface area contributed by atoms with E-state index in [4.69, 9.17) is 16.2 Å². The highest BCUT2D eigenvalue weighted by Gasteiger charge is 2.24. The zero-order valence-electron chi connectivity index (χ0n) is 19.5. The van der Waals surface area contributed by atoms with E-state index in [-0.39, 0.29) is 17.4 Å². The van der Waals surface area contributed by atoms with E-state index in [9.17, 15) is 9.18 Å². The number of nitrogens with one attached hydrogen (secondary N) is 1. The smallest absolute Gasteiger partial charge is 0.219 e. The summed E-state index contributed by atoms with van der Waals surface area (Å²) < 4.78 is 20.4. The standard InChI is InChI=1S/C24H33FN6O2/c1-15(28-3)19(11-26)18-4-5-23(21(25)10-18)30-24(27)20-13-31(16(2)32)8-6-22(20)29-12-17-7-9-33-14-17/h4-5,10-11,17,29H,6-9,12-14,26H2,1-3H3,(H2,27,30)/t17-/m1/s1. The number of ether oxygens (including phenoxy) is 1. The first-order chi connectivity index (χ1) is 15.8. The van der Waals surface area contributed by atoms with Crippen molar-refractivity contribution in [2.45, 2.75) is 26.7 Å². The summed E-state index contributed by atoms with van der Waals surface area (Å²) in [5.74, 6) is 0.0793. The van der Waals surface area contributed by atoms with Gasteiger partial charge in [0.15, 0.2) is 0 Å². The lowest BCUT2D eigenvalue weighted by molar-refractivity contribution is -0.128. The SMILES string of the molecule is CN=C(C)C(=CN)c1ccc(N=C(N)C2=C(NC[C@H]3CCOC3)CCN(C(C)=O)C2)c(F)c1. The molecule has 1 fully saturated rings. The van der Waals surface area contributed by atoms with E-state index >= 15 is 0 Å². The number of hydrogen-bond acceptors (Lipinski definition) is 6. The number of nitrogens with two attached hydrogens (primary N) is 2. The predicted octanol–water partition coefficient (Wildman–Crippen LogP) is 2.34. The lowest BCUT2D eigenvalue weighted by Crippen LogP contribution is -2.42. The van der Waals surface area contributed by atoms with Crippen LogP contribution >= 0.6 is 0 Å². The van der Waals surface area contributed by atoms with Crippen LogP contribution in [0.25, 0.3) is 5.57 Å². The molecule has 33 heavy (non-hydrogen) atoms. The maximum Gasteiger partial charge on any atom is 0.219 e. The Kier molecular flexibility index (Phi) is 8.21. The van der Waals surface area contributed by atoms with Crippen molar-refractivity contribution in [1.82, 2.24) is 10.2 Å². The van der Waals surface area contributed by atoms with Crippen LogP contribution in [0.3, 0.4) is 0 Å². The van der Waals surface area contributed by atoms with Gasteiger partial charge in [0.2, 0.25) is 5.91 Å². The summed E-state index contributed by atoms with van der Waals surface area (Å²) in [7, 11) is 1.65. The summed E-state index contributed by atoms with van der Waals surface area (Å²) in [6.07, 6.45) is 3.06. The monoisotopic (exact) mass is 456 g/mol. The van der Waals surface area contributed by atoms with Crippen molar-refractivity contribution in [1.29, 1.82) is 0 Å². The summed E-state index contributed by atoms with van der Waals surface area (Å²) in [6, 6.07) is 4.67. The number of amides is 1. The van der Waals surface area contributed by atoms with Crippen LogP contribution < -0.4 is 16.8 Å². The van der Waals surface area contributed by atoms with E-state index in [1.807, 2.05) is 6.92 Å². The number of rotatable bonds is 7. The molecule has 178 valence electrons. The van der Waals surface area contributed by atoms with Crippen molar-refractivity contribution in [3.63, 3.8) is 0 Å². The quantitative estimate of drug-likeness (QED) is 0.430. The number of carbonyl (C=O) groups is 1. The van der Waals surface area contributed by atoms with Crippen LogP contribution in [-0.4, -0.2) is 62.3 Å². The average Bonchev–Trinajstić information content (AvgIpc) is 3.33. The minimum Gasteiger partial charge on any atom is -0.404 e. The molecular weight excluding hydrogens is 423 g/mol.